The third kappa shape index (κ3) is 3.48. The number of alkyl halides is 3. The van der Waals surface area contributed by atoms with Crippen molar-refractivity contribution < 1.29 is 32.2 Å². The fraction of sp³-hybridized carbons (Fsp3) is 0.300. The first-order chi connectivity index (χ1) is 13.8. The number of piperazine rings is 1. The zero-order chi connectivity index (χ0) is 20.8. The van der Waals surface area contributed by atoms with Crippen LogP contribution < -0.4 is 14.4 Å². The maximum absolute atomic E-state index is 12.9. The van der Waals surface area contributed by atoms with Gasteiger partial charge in [-0.2, -0.15) is 13.2 Å². The molecule has 0 spiro atoms. The lowest BCUT2D eigenvalue weighted by Gasteiger charge is -2.39. The zero-order valence-corrected chi connectivity index (χ0v) is 15.4. The van der Waals surface area contributed by atoms with Crippen molar-refractivity contribution in [3.63, 3.8) is 0 Å². The van der Waals surface area contributed by atoms with Crippen LogP contribution in [0.25, 0.3) is 0 Å². The largest absolute Gasteiger partial charge is 0.454 e. The molecule has 0 N–H and O–H groups in total. The van der Waals surface area contributed by atoms with E-state index in [0.717, 1.165) is 24.3 Å². The van der Waals surface area contributed by atoms with Crippen molar-refractivity contribution in [1.29, 1.82) is 0 Å². The van der Waals surface area contributed by atoms with Gasteiger partial charge in [-0.3, -0.25) is 9.59 Å². The van der Waals surface area contributed by atoms with E-state index in [0.29, 0.717) is 17.2 Å². The Balaban J connectivity index is 1.50. The molecule has 2 aliphatic heterocycles. The van der Waals surface area contributed by atoms with Crippen LogP contribution in [0.1, 0.15) is 22.8 Å². The lowest BCUT2D eigenvalue weighted by Crippen LogP contribution is -2.57. The van der Waals surface area contributed by atoms with E-state index in [2.05, 4.69) is 0 Å². The second kappa shape index (κ2) is 6.98. The minimum Gasteiger partial charge on any atom is -0.454 e. The second-order valence-corrected chi connectivity index (χ2v) is 6.78. The number of nitrogens with zero attached hydrogens (tertiary/aromatic N) is 2. The third-order valence-electron chi connectivity index (χ3n) is 5.04. The van der Waals surface area contributed by atoms with Crippen molar-refractivity contribution in [1.82, 2.24) is 4.90 Å². The maximum atomic E-state index is 12.9. The van der Waals surface area contributed by atoms with Gasteiger partial charge in [-0.1, -0.05) is 0 Å². The monoisotopic (exact) mass is 406 g/mol. The SMILES string of the molecule is C[C@@H]1C(=O)N(c2ccc3c(c2)OCO3)CCN1C(=O)c1ccc(C(F)(F)F)cc1. The number of amides is 2. The molecule has 1 saturated heterocycles. The van der Waals surface area contributed by atoms with Crippen LogP contribution in [-0.2, 0) is 11.0 Å². The molecule has 2 aliphatic rings. The second-order valence-electron chi connectivity index (χ2n) is 6.78. The summed E-state index contributed by atoms with van der Waals surface area (Å²) in [6.45, 7) is 2.23. The number of carbonyl (C=O) groups is 2. The predicted molar refractivity (Wildman–Crippen MR) is 96.9 cm³/mol. The molecule has 2 aromatic carbocycles. The van der Waals surface area contributed by atoms with Crippen LogP contribution in [0.3, 0.4) is 0 Å². The Kier molecular flexibility index (Phi) is 4.60. The van der Waals surface area contributed by atoms with E-state index in [1.54, 1.807) is 30.0 Å². The third-order valence-corrected chi connectivity index (χ3v) is 5.04. The molecule has 0 radical (unpaired) electrons. The molecule has 6 nitrogen and oxygen atoms in total. The van der Waals surface area contributed by atoms with Gasteiger partial charge in [-0.15, -0.1) is 0 Å². The fourth-order valence-corrected chi connectivity index (χ4v) is 3.42. The van der Waals surface area contributed by atoms with Crippen LogP contribution in [0.2, 0.25) is 0 Å². The van der Waals surface area contributed by atoms with Gasteiger partial charge in [0.2, 0.25) is 12.7 Å². The molecule has 2 amide bonds. The van der Waals surface area contributed by atoms with E-state index in [-0.39, 0.29) is 31.4 Å². The van der Waals surface area contributed by atoms with Gasteiger partial charge in [0.25, 0.3) is 5.91 Å². The maximum Gasteiger partial charge on any atom is 0.416 e. The number of rotatable bonds is 2. The summed E-state index contributed by atoms with van der Waals surface area (Å²) >= 11 is 0. The molecule has 4 rings (SSSR count). The Labute approximate surface area is 164 Å². The molecule has 2 aromatic rings. The van der Waals surface area contributed by atoms with Crippen molar-refractivity contribution >= 4 is 17.5 Å². The predicted octanol–water partition coefficient (Wildman–Crippen LogP) is 3.31. The lowest BCUT2D eigenvalue weighted by molar-refractivity contribution is -0.137. The van der Waals surface area contributed by atoms with Gasteiger partial charge in [0.05, 0.1) is 5.56 Å². The Morgan fingerprint density at radius 2 is 1.72 bits per heavy atom. The average molecular weight is 406 g/mol. The Hall–Kier alpha value is -3.23. The van der Waals surface area contributed by atoms with Gasteiger partial charge in [0, 0.05) is 30.4 Å². The number of hydrogen-bond acceptors (Lipinski definition) is 4. The molecule has 0 aliphatic carbocycles. The normalized spacial score (nSPS) is 18.9. The number of hydrogen-bond donors (Lipinski definition) is 0. The molecular formula is C20H17F3N2O4. The minimum atomic E-state index is -4.47. The summed E-state index contributed by atoms with van der Waals surface area (Å²) in [5.74, 6) is 0.386. The highest BCUT2D eigenvalue weighted by Gasteiger charge is 2.36. The Morgan fingerprint density at radius 1 is 1.03 bits per heavy atom. The number of carbonyl (C=O) groups excluding carboxylic acids is 2. The van der Waals surface area contributed by atoms with Crippen molar-refractivity contribution in [2.75, 3.05) is 24.8 Å². The van der Waals surface area contributed by atoms with Crippen LogP contribution in [0.4, 0.5) is 18.9 Å². The van der Waals surface area contributed by atoms with Crippen molar-refractivity contribution in [3.8, 4) is 11.5 Å². The van der Waals surface area contributed by atoms with Crippen molar-refractivity contribution in [2.45, 2.75) is 19.1 Å². The quantitative estimate of drug-likeness (QED) is 0.768. The van der Waals surface area contributed by atoms with Gasteiger partial charge in [0.15, 0.2) is 11.5 Å². The molecule has 0 unspecified atom stereocenters. The van der Waals surface area contributed by atoms with Crippen molar-refractivity contribution in [3.05, 3.63) is 53.6 Å². The number of fused-ring (bicyclic) bond motifs is 1. The summed E-state index contributed by atoms with van der Waals surface area (Å²) < 4.78 is 48.7. The smallest absolute Gasteiger partial charge is 0.416 e. The molecule has 9 heteroatoms. The first-order valence-electron chi connectivity index (χ1n) is 8.95. The standard InChI is InChI=1S/C20H17F3N2O4/c1-12-18(26)25(15-6-7-16-17(10-15)29-11-28-16)9-8-24(12)19(27)13-2-4-14(5-3-13)20(21,22)23/h2-7,10,12H,8-9,11H2,1H3/t12-/m1/s1. The molecule has 29 heavy (non-hydrogen) atoms. The molecule has 0 saturated carbocycles. The van der Waals surface area contributed by atoms with E-state index >= 15 is 0 Å². The lowest BCUT2D eigenvalue weighted by atomic mass is 10.1. The summed E-state index contributed by atoms with van der Waals surface area (Å²) in [6, 6.07) is 8.40. The first kappa shape index (κ1) is 19.1. The number of benzene rings is 2. The average Bonchev–Trinajstić information content (AvgIpc) is 3.17. The Bertz CT molecular complexity index is 959. The highest BCUT2D eigenvalue weighted by molar-refractivity contribution is 6.03. The minimum absolute atomic E-state index is 0.106. The number of halogens is 3. The van der Waals surface area contributed by atoms with Gasteiger partial charge in [0.1, 0.15) is 6.04 Å². The van der Waals surface area contributed by atoms with Crippen LogP contribution in [-0.4, -0.2) is 42.6 Å². The summed E-state index contributed by atoms with van der Waals surface area (Å²) in [6.07, 6.45) is -4.47. The first-order valence-corrected chi connectivity index (χ1v) is 8.95. The van der Waals surface area contributed by atoms with Crippen LogP contribution in [0, 0.1) is 0 Å². The molecule has 2 heterocycles. The van der Waals surface area contributed by atoms with E-state index in [4.69, 9.17) is 9.47 Å². The number of anilines is 1. The van der Waals surface area contributed by atoms with Crippen LogP contribution >= 0.6 is 0 Å². The van der Waals surface area contributed by atoms with E-state index in [1.165, 1.54) is 4.90 Å². The summed E-state index contributed by atoms with van der Waals surface area (Å²) in [4.78, 5) is 28.5. The van der Waals surface area contributed by atoms with Crippen LogP contribution in [0.5, 0.6) is 11.5 Å². The zero-order valence-electron chi connectivity index (χ0n) is 15.4. The molecule has 1 atom stereocenters. The van der Waals surface area contributed by atoms with E-state index in [1.807, 2.05) is 0 Å². The molecule has 1 fully saturated rings. The van der Waals surface area contributed by atoms with Gasteiger partial charge >= 0.3 is 6.18 Å². The van der Waals surface area contributed by atoms with Gasteiger partial charge < -0.3 is 19.3 Å². The van der Waals surface area contributed by atoms with Crippen LogP contribution in [0.15, 0.2) is 42.5 Å². The van der Waals surface area contributed by atoms with E-state index < -0.39 is 23.7 Å². The summed E-state index contributed by atoms with van der Waals surface area (Å²) in [7, 11) is 0. The molecule has 0 aromatic heterocycles. The van der Waals surface area contributed by atoms with Crippen molar-refractivity contribution in [2.24, 2.45) is 0 Å². The van der Waals surface area contributed by atoms with E-state index in [9.17, 15) is 22.8 Å². The fourth-order valence-electron chi connectivity index (χ4n) is 3.42. The highest BCUT2D eigenvalue weighted by atomic mass is 19.4. The summed E-state index contributed by atoms with van der Waals surface area (Å²) in [5.41, 5.74) is -0.0901. The molecule has 0 bridgehead atoms. The molecule has 152 valence electrons. The van der Waals surface area contributed by atoms with Gasteiger partial charge in [-0.25, -0.2) is 0 Å². The van der Waals surface area contributed by atoms with Gasteiger partial charge in [-0.05, 0) is 43.3 Å². The number of ether oxygens (including phenoxy) is 2. The summed E-state index contributed by atoms with van der Waals surface area (Å²) in [5, 5.41) is 0. The Morgan fingerprint density at radius 3 is 2.41 bits per heavy atom. The highest BCUT2D eigenvalue weighted by Crippen LogP contribution is 2.36. The molecular weight excluding hydrogens is 389 g/mol. The topological polar surface area (TPSA) is 59.1 Å².